The Morgan fingerprint density at radius 2 is 2.36 bits per heavy atom. The Hall–Kier alpha value is 0.300. The third-order valence-electron chi connectivity index (χ3n) is 2.48. The van der Waals surface area contributed by atoms with Gasteiger partial charge in [0.1, 0.15) is 0 Å². The van der Waals surface area contributed by atoms with E-state index in [0.29, 0.717) is 0 Å². The number of alkyl halides is 1. The summed E-state index contributed by atoms with van der Waals surface area (Å²) in [6, 6.07) is 0. The molecule has 0 aromatic carbocycles. The number of carbonyl (C=O) groups excluding carboxylic acids is 1. The second-order valence-electron chi connectivity index (χ2n) is 4.37. The average molecular weight is 280 g/mol. The predicted octanol–water partition coefficient (Wildman–Crippen LogP) is 2.42. The van der Waals surface area contributed by atoms with Crippen molar-refractivity contribution < 1.29 is 4.79 Å². The number of thioether (sulfide) groups is 1. The summed E-state index contributed by atoms with van der Waals surface area (Å²) >= 11 is 5.28. The number of rotatable bonds is 4. The summed E-state index contributed by atoms with van der Waals surface area (Å²) in [6.07, 6.45) is 2.01. The highest BCUT2D eigenvalue weighted by atomic mass is 79.9. The molecule has 2 nitrogen and oxygen atoms in total. The normalized spacial score (nSPS) is 22.4. The SMILES string of the molecule is CC(C)(CCBr)NC(=O)C1CCSC1. The van der Waals surface area contributed by atoms with Crippen molar-refractivity contribution in [2.75, 3.05) is 16.8 Å². The fourth-order valence-corrected chi connectivity index (χ4v) is 3.69. The molecule has 1 aliphatic rings. The van der Waals surface area contributed by atoms with Crippen LogP contribution in [0.4, 0.5) is 0 Å². The molecular weight excluding hydrogens is 262 g/mol. The zero-order valence-electron chi connectivity index (χ0n) is 8.81. The highest BCUT2D eigenvalue weighted by molar-refractivity contribution is 9.09. The molecule has 1 atom stereocenters. The molecular formula is C10H18BrNOS. The van der Waals surface area contributed by atoms with Crippen LogP contribution in [0.2, 0.25) is 0 Å². The highest BCUT2D eigenvalue weighted by Crippen LogP contribution is 2.24. The quantitative estimate of drug-likeness (QED) is 0.801. The molecule has 0 aliphatic carbocycles. The van der Waals surface area contributed by atoms with Crippen molar-refractivity contribution in [2.24, 2.45) is 5.92 Å². The van der Waals surface area contributed by atoms with Crippen LogP contribution in [-0.4, -0.2) is 28.3 Å². The van der Waals surface area contributed by atoms with Gasteiger partial charge in [-0.15, -0.1) is 0 Å². The maximum Gasteiger partial charge on any atom is 0.224 e. The summed E-state index contributed by atoms with van der Waals surface area (Å²) in [6.45, 7) is 4.16. The van der Waals surface area contributed by atoms with E-state index in [-0.39, 0.29) is 17.4 Å². The molecule has 1 fully saturated rings. The van der Waals surface area contributed by atoms with Crippen molar-refractivity contribution >= 4 is 33.6 Å². The molecule has 0 aromatic rings. The molecule has 1 N–H and O–H groups in total. The monoisotopic (exact) mass is 279 g/mol. The smallest absolute Gasteiger partial charge is 0.224 e. The first-order chi connectivity index (χ1) is 6.55. The first-order valence-electron chi connectivity index (χ1n) is 5.01. The van der Waals surface area contributed by atoms with Crippen LogP contribution in [-0.2, 0) is 4.79 Å². The van der Waals surface area contributed by atoms with Crippen LogP contribution in [0.25, 0.3) is 0 Å². The first kappa shape index (κ1) is 12.4. The Bertz CT molecular complexity index is 202. The minimum Gasteiger partial charge on any atom is -0.351 e. The van der Waals surface area contributed by atoms with Crippen molar-refractivity contribution in [3.8, 4) is 0 Å². The van der Waals surface area contributed by atoms with E-state index in [1.54, 1.807) is 0 Å². The van der Waals surface area contributed by atoms with Gasteiger partial charge in [-0.3, -0.25) is 4.79 Å². The second kappa shape index (κ2) is 5.40. The van der Waals surface area contributed by atoms with Gasteiger partial charge in [0.15, 0.2) is 0 Å². The Labute approximate surface area is 98.7 Å². The van der Waals surface area contributed by atoms with Crippen molar-refractivity contribution in [3.05, 3.63) is 0 Å². The van der Waals surface area contributed by atoms with Gasteiger partial charge in [0.2, 0.25) is 5.91 Å². The minimum atomic E-state index is -0.0756. The standard InChI is InChI=1S/C10H18BrNOS/c1-10(2,4-5-11)12-9(13)8-3-6-14-7-8/h8H,3-7H2,1-2H3,(H,12,13). The molecule has 1 unspecified atom stereocenters. The Morgan fingerprint density at radius 3 is 2.86 bits per heavy atom. The molecule has 1 rings (SSSR count). The molecule has 0 saturated carbocycles. The van der Waals surface area contributed by atoms with Gasteiger partial charge in [-0.25, -0.2) is 0 Å². The highest BCUT2D eigenvalue weighted by Gasteiger charge is 2.27. The van der Waals surface area contributed by atoms with Crippen molar-refractivity contribution in [1.29, 1.82) is 0 Å². The topological polar surface area (TPSA) is 29.1 Å². The van der Waals surface area contributed by atoms with Gasteiger partial charge in [-0.1, -0.05) is 15.9 Å². The van der Waals surface area contributed by atoms with E-state index in [1.165, 1.54) is 0 Å². The molecule has 0 radical (unpaired) electrons. The summed E-state index contributed by atoms with van der Waals surface area (Å²) in [5.74, 6) is 2.61. The van der Waals surface area contributed by atoms with E-state index in [9.17, 15) is 4.79 Å². The molecule has 0 bridgehead atoms. The van der Waals surface area contributed by atoms with Gasteiger partial charge in [0.05, 0.1) is 0 Å². The zero-order chi connectivity index (χ0) is 10.6. The second-order valence-corrected chi connectivity index (χ2v) is 6.32. The van der Waals surface area contributed by atoms with Gasteiger partial charge in [0, 0.05) is 22.5 Å². The lowest BCUT2D eigenvalue weighted by molar-refractivity contribution is -0.125. The zero-order valence-corrected chi connectivity index (χ0v) is 11.2. The molecule has 0 spiro atoms. The molecule has 1 saturated heterocycles. The lowest BCUT2D eigenvalue weighted by Crippen LogP contribution is -2.46. The van der Waals surface area contributed by atoms with E-state index in [4.69, 9.17) is 0 Å². The Morgan fingerprint density at radius 1 is 1.64 bits per heavy atom. The van der Waals surface area contributed by atoms with Crippen LogP contribution < -0.4 is 5.32 Å². The van der Waals surface area contributed by atoms with E-state index in [2.05, 4.69) is 35.1 Å². The van der Waals surface area contributed by atoms with Crippen molar-refractivity contribution in [3.63, 3.8) is 0 Å². The maximum atomic E-state index is 11.8. The summed E-state index contributed by atoms with van der Waals surface area (Å²) in [7, 11) is 0. The molecule has 82 valence electrons. The number of hydrogen-bond donors (Lipinski definition) is 1. The summed E-state index contributed by atoms with van der Waals surface area (Å²) < 4.78 is 0. The number of halogens is 1. The lowest BCUT2D eigenvalue weighted by Gasteiger charge is -2.27. The number of carbonyl (C=O) groups is 1. The van der Waals surface area contributed by atoms with Gasteiger partial charge in [-0.2, -0.15) is 11.8 Å². The van der Waals surface area contributed by atoms with Gasteiger partial charge in [-0.05, 0) is 32.4 Å². The summed E-state index contributed by atoms with van der Waals surface area (Å²) in [5.41, 5.74) is -0.0756. The molecule has 14 heavy (non-hydrogen) atoms. The molecule has 4 heteroatoms. The average Bonchev–Trinajstić information content (AvgIpc) is 2.53. The van der Waals surface area contributed by atoms with E-state index < -0.39 is 0 Å². The van der Waals surface area contributed by atoms with Gasteiger partial charge >= 0.3 is 0 Å². The van der Waals surface area contributed by atoms with Gasteiger partial charge < -0.3 is 5.32 Å². The van der Waals surface area contributed by atoms with Crippen LogP contribution >= 0.6 is 27.7 Å². The first-order valence-corrected chi connectivity index (χ1v) is 7.28. The third-order valence-corrected chi connectivity index (χ3v) is 4.04. The van der Waals surface area contributed by atoms with Crippen LogP contribution in [0, 0.1) is 5.92 Å². The van der Waals surface area contributed by atoms with E-state index >= 15 is 0 Å². The largest absolute Gasteiger partial charge is 0.351 e. The fourth-order valence-electron chi connectivity index (χ4n) is 1.48. The maximum absolute atomic E-state index is 11.8. The Balaban J connectivity index is 2.38. The number of amides is 1. The summed E-state index contributed by atoms with van der Waals surface area (Å²) in [4.78, 5) is 11.8. The van der Waals surface area contributed by atoms with Gasteiger partial charge in [0.25, 0.3) is 0 Å². The number of nitrogens with one attached hydrogen (secondary N) is 1. The fraction of sp³-hybridized carbons (Fsp3) is 0.900. The van der Waals surface area contributed by atoms with E-state index in [0.717, 1.165) is 29.7 Å². The van der Waals surface area contributed by atoms with Crippen LogP contribution in [0.15, 0.2) is 0 Å². The van der Waals surface area contributed by atoms with Crippen molar-refractivity contribution in [1.82, 2.24) is 5.32 Å². The Kier molecular flexibility index (Phi) is 4.77. The summed E-state index contributed by atoms with van der Waals surface area (Å²) in [5, 5.41) is 4.05. The lowest BCUT2D eigenvalue weighted by atomic mass is 9.99. The molecule has 1 aliphatic heterocycles. The van der Waals surface area contributed by atoms with Crippen LogP contribution in [0.3, 0.4) is 0 Å². The molecule has 1 heterocycles. The van der Waals surface area contributed by atoms with Crippen molar-refractivity contribution in [2.45, 2.75) is 32.2 Å². The predicted molar refractivity (Wildman–Crippen MR) is 66.1 cm³/mol. The third kappa shape index (κ3) is 3.81. The van der Waals surface area contributed by atoms with Crippen LogP contribution in [0.5, 0.6) is 0 Å². The van der Waals surface area contributed by atoms with Crippen LogP contribution in [0.1, 0.15) is 26.7 Å². The molecule has 1 amide bonds. The molecule has 0 aromatic heterocycles. The number of hydrogen-bond acceptors (Lipinski definition) is 2. The van der Waals surface area contributed by atoms with E-state index in [1.807, 2.05) is 11.8 Å². The minimum absolute atomic E-state index is 0.0756.